The Morgan fingerprint density at radius 2 is 1.74 bits per heavy atom. The monoisotopic (exact) mass is 288 g/mol. The lowest BCUT2D eigenvalue weighted by Crippen LogP contribution is -2.40. The standard InChI is InChI=1S/C13H21FN2O2S/c1-10(2)15-8-11(3)19(17,18)16-9-12-4-6-13(14)7-5-12/h4-7,10-11,15-16H,8-9H2,1-3H3. The molecule has 0 saturated carbocycles. The minimum absolute atomic E-state index is 0.175. The number of benzene rings is 1. The third-order valence-electron chi connectivity index (χ3n) is 2.73. The zero-order chi connectivity index (χ0) is 14.5. The van der Waals surface area contributed by atoms with Crippen molar-refractivity contribution < 1.29 is 12.8 Å². The van der Waals surface area contributed by atoms with Crippen LogP contribution in [0, 0.1) is 5.82 Å². The van der Waals surface area contributed by atoms with Gasteiger partial charge in [-0.2, -0.15) is 0 Å². The van der Waals surface area contributed by atoms with E-state index in [4.69, 9.17) is 0 Å². The van der Waals surface area contributed by atoms with Gasteiger partial charge in [-0.15, -0.1) is 0 Å². The second kappa shape index (κ2) is 6.98. The summed E-state index contributed by atoms with van der Waals surface area (Å²) in [7, 11) is -3.37. The van der Waals surface area contributed by atoms with E-state index in [1.807, 2.05) is 13.8 Å². The summed E-state index contributed by atoms with van der Waals surface area (Å²) >= 11 is 0. The van der Waals surface area contributed by atoms with Gasteiger partial charge in [0.15, 0.2) is 0 Å². The number of hydrogen-bond acceptors (Lipinski definition) is 3. The largest absolute Gasteiger partial charge is 0.313 e. The van der Waals surface area contributed by atoms with E-state index in [1.54, 1.807) is 19.1 Å². The van der Waals surface area contributed by atoms with Crippen molar-refractivity contribution in [2.24, 2.45) is 0 Å². The van der Waals surface area contributed by atoms with E-state index in [9.17, 15) is 12.8 Å². The third kappa shape index (κ3) is 5.67. The molecule has 1 aromatic carbocycles. The van der Waals surface area contributed by atoms with Gasteiger partial charge in [0.05, 0.1) is 5.25 Å². The van der Waals surface area contributed by atoms with Crippen LogP contribution in [0.1, 0.15) is 26.3 Å². The Hall–Kier alpha value is -0.980. The molecule has 1 aromatic rings. The van der Waals surface area contributed by atoms with Crippen molar-refractivity contribution in [1.82, 2.24) is 10.0 Å². The van der Waals surface area contributed by atoms with Crippen LogP contribution in [0.25, 0.3) is 0 Å². The molecule has 1 atom stereocenters. The van der Waals surface area contributed by atoms with Crippen molar-refractivity contribution in [1.29, 1.82) is 0 Å². The number of nitrogens with one attached hydrogen (secondary N) is 2. The number of sulfonamides is 1. The molecule has 1 unspecified atom stereocenters. The van der Waals surface area contributed by atoms with E-state index < -0.39 is 15.3 Å². The summed E-state index contributed by atoms with van der Waals surface area (Å²) in [5, 5.41) is 2.57. The quantitative estimate of drug-likeness (QED) is 0.802. The minimum Gasteiger partial charge on any atom is -0.313 e. The molecule has 0 aliphatic carbocycles. The molecule has 2 N–H and O–H groups in total. The topological polar surface area (TPSA) is 58.2 Å². The number of halogens is 1. The van der Waals surface area contributed by atoms with Gasteiger partial charge in [0, 0.05) is 19.1 Å². The SMILES string of the molecule is CC(C)NCC(C)S(=O)(=O)NCc1ccc(F)cc1. The van der Waals surface area contributed by atoms with Gasteiger partial charge in [-0.05, 0) is 24.6 Å². The highest BCUT2D eigenvalue weighted by Crippen LogP contribution is 2.04. The van der Waals surface area contributed by atoms with E-state index in [2.05, 4.69) is 10.0 Å². The van der Waals surface area contributed by atoms with E-state index in [1.165, 1.54) is 12.1 Å². The molecule has 0 radical (unpaired) electrons. The Labute approximate surface area is 114 Å². The average molecular weight is 288 g/mol. The smallest absolute Gasteiger partial charge is 0.215 e. The normalized spacial score (nSPS) is 13.7. The van der Waals surface area contributed by atoms with Crippen molar-refractivity contribution in [3.63, 3.8) is 0 Å². The fraction of sp³-hybridized carbons (Fsp3) is 0.538. The molecule has 0 spiro atoms. The first-order valence-corrected chi connectivity index (χ1v) is 7.82. The summed E-state index contributed by atoms with van der Waals surface area (Å²) in [6.45, 7) is 6.16. The van der Waals surface area contributed by atoms with E-state index in [0.29, 0.717) is 6.54 Å². The van der Waals surface area contributed by atoms with Crippen LogP contribution in [0.5, 0.6) is 0 Å². The first-order chi connectivity index (χ1) is 8.81. The van der Waals surface area contributed by atoms with Gasteiger partial charge in [0.2, 0.25) is 10.0 Å². The van der Waals surface area contributed by atoms with E-state index in [-0.39, 0.29) is 18.4 Å². The molecule has 19 heavy (non-hydrogen) atoms. The molecule has 0 aliphatic rings. The fourth-order valence-electron chi connectivity index (χ4n) is 1.44. The van der Waals surface area contributed by atoms with Crippen LogP contribution < -0.4 is 10.0 Å². The van der Waals surface area contributed by atoms with E-state index >= 15 is 0 Å². The van der Waals surface area contributed by atoms with Gasteiger partial charge in [0.25, 0.3) is 0 Å². The van der Waals surface area contributed by atoms with Crippen molar-refractivity contribution in [2.45, 2.75) is 38.6 Å². The van der Waals surface area contributed by atoms with Gasteiger partial charge in [-0.1, -0.05) is 26.0 Å². The predicted molar refractivity (Wildman–Crippen MR) is 74.8 cm³/mol. The Balaban J connectivity index is 2.52. The number of hydrogen-bond donors (Lipinski definition) is 2. The highest BCUT2D eigenvalue weighted by Gasteiger charge is 2.20. The summed E-state index contributed by atoms with van der Waals surface area (Å²) in [6, 6.07) is 6.00. The molecule has 0 aromatic heterocycles. The highest BCUT2D eigenvalue weighted by molar-refractivity contribution is 7.90. The maximum Gasteiger partial charge on any atom is 0.215 e. The summed E-state index contributed by atoms with van der Waals surface area (Å²) < 4.78 is 39.2. The Kier molecular flexibility index (Phi) is 5.90. The molecular formula is C13H21FN2O2S. The molecule has 0 aliphatic heterocycles. The molecule has 0 fully saturated rings. The lowest BCUT2D eigenvalue weighted by Gasteiger charge is -2.16. The van der Waals surface area contributed by atoms with Crippen LogP contribution in [-0.2, 0) is 16.6 Å². The van der Waals surface area contributed by atoms with Crippen molar-refractivity contribution in [3.05, 3.63) is 35.6 Å². The summed E-state index contributed by atoms with van der Waals surface area (Å²) in [6.07, 6.45) is 0. The van der Waals surface area contributed by atoms with Gasteiger partial charge in [-0.25, -0.2) is 17.5 Å². The molecule has 0 heterocycles. The van der Waals surface area contributed by atoms with Gasteiger partial charge >= 0.3 is 0 Å². The third-order valence-corrected chi connectivity index (χ3v) is 4.51. The van der Waals surface area contributed by atoms with Crippen molar-refractivity contribution >= 4 is 10.0 Å². The molecule has 108 valence electrons. The molecule has 1 rings (SSSR count). The minimum atomic E-state index is -3.37. The fourth-order valence-corrected chi connectivity index (χ4v) is 2.41. The van der Waals surface area contributed by atoms with Gasteiger partial charge in [0.1, 0.15) is 5.82 Å². The summed E-state index contributed by atoms with van der Waals surface area (Å²) in [5.41, 5.74) is 0.731. The predicted octanol–water partition coefficient (Wildman–Crippen LogP) is 1.63. The molecule has 6 heteroatoms. The maximum absolute atomic E-state index is 12.7. The lowest BCUT2D eigenvalue weighted by atomic mass is 10.2. The summed E-state index contributed by atoms with van der Waals surface area (Å²) in [5.74, 6) is -0.332. The van der Waals surface area contributed by atoms with Crippen LogP contribution in [0.2, 0.25) is 0 Å². The molecule has 0 amide bonds. The average Bonchev–Trinajstić information content (AvgIpc) is 2.35. The van der Waals surface area contributed by atoms with Gasteiger partial charge in [-0.3, -0.25) is 0 Å². The first-order valence-electron chi connectivity index (χ1n) is 6.27. The van der Waals surface area contributed by atoms with E-state index in [0.717, 1.165) is 5.56 Å². The summed E-state index contributed by atoms with van der Waals surface area (Å²) in [4.78, 5) is 0. The van der Waals surface area contributed by atoms with Crippen LogP contribution in [0.3, 0.4) is 0 Å². The second-order valence-electron chi connectivity index (χ2n) is 4.87. The van der Waals surface area contributed by atoms with Crippen molar-refractivity contribution in [2.75, 3.05) is 6.54 Å². The van der Waals surface area contributed by atoms with Gasteiger partial charge < -0.3 is 5.32 Å². The number of rotatable bonds is 7. The maximum atomic E-state index is 12.7. The van der Waals surface area contributed by atoms with Crippen LogP contribution in [0.4, 0.5) is 4.39 Å². The molecular weight excluding hydrogens is 267 g/mol. The Bertz CT molecular complexity index is 486. The van der Waals surface area contributed by atoms with Crippen LogP contribution in [-0.4, -0.2) is 26.3 Å². The highest BCUT2D eigenvalue weighted by atomic mass is 32.2. The van der Waals surface area contributed by atoms with Crippen LogP contribution >= 0.6 is 0 Å². The zero-order valence-electron chi connectivity index (χ0n) is 11.5. The lowest BCUT2D eigenvalue weighted by molar-refractivity contribution is 0.540. The first kappa shape index (κ1) is 16.1. The second-order valence-corrected chi connectivity index (χ2v) is 7.05. The Morgan fingerprint density at radius 1 is 1.16 bits per heavy atom. The molecule has 4 nitrogen and oxygen atoms in total. The molecule has 0 bridgehead atoms. The molecule has 0 saturated heterocycles. The van der Waals surface area contributed by atoms with Crippen molar-refractivity contribution in [3.8, 4) is 0 Å². The Morgan fingerprint density at radius 3 is 2.26 bits per heavy atom. The van der Waals surface area contributed by atoms with Crippen LogP contribution in [0.15, 0.2) is 24.3 Å². The zero-order valence-corrected chi connectivity index (χ0v) is 12.3.